The Balaban J connectivity index is 1.57. The molecule has 0 spiro atoms. The SMILES string of the molecule is CCc1csc(CNC(=O)Nc2ccc(C(=O)N3CCCC3)cc2C)n1. The third kappa shape index (κ3) is 4.40. The Hall–Kier alpha value is -2.41. The van der Waals surface area contributed by atoms with Crippen molar-refractivity contribution >= 4 is 29.0 Å². The summed E-state index contributed by atoms with van der Waals surface area (Å²) in [5.74, 6) is 0.0668. The van der Waals surface area contributed by atoms with Crippen LogP contribution in [0.1, 0.15) is 46.4 Å². The highest BCUT2D eigenvalue weighted by molar-refractivity contribution is 7.09. The van der Waals surface area contributed by atoms with Gasteiger partial charge >= 0.3 is 6.03 Å². The van der Waals surface area contributed by atoms with Gasteiger partial charge in [0.05, 0.1) is 12.2 Å². The van der Waals surface area contributed by atoms with Gasteiger partial charge in [-0.25, -0.2) is 9.78 Å². The topological polar surface area (TPSA) is 74.3 Å². The van der Waals surface area contributed by atoms with E-state index in [1.807, 2.05) is 23.3 Å². The van der Waals surface area contributed by atoms with Crippen LogP contribution in [0.2, 0.25) is 0 Å². The normalized spacial score (nSPS) is 13.7. The predicted molar refractivity (Wildman–Crippen MR) is 104 cm³/mol. The number of thiazole rings is 1. The third-order valence-corrected chi connectivity index (χ3v) is 5.37. The number of nitrogens with one attached hydrogen (secondary N) is 2. The molecule has 1 fully saturated rings. The van der Waals surface area contributed by atoms with Gasteiger partial charge in [-0.1, -0.05) is 6.92 Å². The number of anilines is 1. The molecular weight excluding hydrogens is 348 g/mol. The minimum absolute atomic E-state index is 0.0668. The molecule has 6 nitrogen and oxygen atoms in total. The molecule has 0 aliphatic carbocycles. The first-order valence-electron chi connectivity index (χ1n) is 8.95. The maximum absolute atomic E-state index is 12.4. The van der Waals surface area contributed by atoms with E-state index in [1.165, 1.54) is 0 Å². The summed E-state index contributed by atoms with van der Waals surface area (Å²) < 4.78 is 0. The molecule has 0 bridgehead atoms. The number of nitrogens with zero attached hydrogens (tertiary/aromatic N) is 2. The van der Waals surface area contributed by atoms with Crippen molar-refractivity contribution in [1.82, 2.24) is 15.2 Å². The zero-order valence-corrected chi connectivity index (χ0v) is 16.0. The second-order valence-corrected chi connectivity index (χ2v) is 7.37. The number of hydrogen-bond donors (Lipinski definition) is 2. The second kappa shape index (κ2) is 8.31. The molecule has 2 heterocycles. The van der Waals surface area contributed by atoms with E-state index in [-0.39, 0.29) is 11.9 Å². The van der Waals surface area contributed by atoms with Gasteiger partial charge in [0.1, 0.15) is 5.01 Å². The van der Waals surface area contributed by atoms with Gasteiger partial charge in [0.25, 0.3) is 5.91 Å². The maximum atomic E-state index is 12.4. The standard InChI is InChI=1S/C19H24N4O2S/c1-3-15-12-26-17(21-15)11-20-19(25)22-16-7-6-14(10-13(16)2)18(24)23-8-4-5-9-23/h6-7,10,12H,3-5,8-9,11H2,1-2H3,(H2,20,22,25). The van der Waals surface area contributed by atoms with Crippen LogP contribution in [0, 0.1) is 6.92 Å². The first-order chi connectivity index (χ1) is 12.6. The van der Waals surface area contributed by atoms with Crippen LogP contribution < -0.4 is 10.6 Å². The number of hydrogen-bond acceptors (Lipinski definition) is 4. The molecule has 3 amide bonds. The second-order valence-electron chi connectivity index (χ2n) is 6.42. The predicted octanol–water partition coefficient (Wildman–Crippen LogP) is 3.57. The number of likely N-dealkylation sites (tertiary alicyclic amines) is 1. The van der Waals surface area contributed by atoms with Crippen LogP contribution >= 0.6 is 11.3 Å². The van der Waals surface area contributed by atoms with Crippen LogP contribution in [0.5, 0.6) is 0 Å². The summed E-state index contributed by atoms with van der Waals surface area (Å²) in [5, 5.41) is 8.55. The molecule has 2 aromatic rings. The van der Waals surface area contributed by atoms with Crippen LogP contribution in [-0.2, 0) is 13.0 Å². The highest BCUT2D eigenvalue weighted by atomic mass is 32.1. The highest BCUT2D eigenvalue weighted by Crippen LogP contribution is 2.19. The van der Waals surface area contributed by atoms with E-state index in [1.54, 1.807) is 23.5 Å². The number of benzene rings is 1. The van der Waals surface area contributed by atoms with Crippen LogP contribution in [0.15, 0.2) is 23.6 Å². The van der Waals surface area contributed by atoms with Crippen molar-refractivity contribution in [3.8, 4) is 0 Å². The molecule has 138 valence electrons. The minimum Gasteiger partial charge on any atom is -0.339 e. The highest BCUT2D eigenvalue weighted by Gasteiger charge is 2.20. The maximum Gasteiger partial charge on any atom is 0.319 e. The molecular formula is C19H24N4O2S. The smallest absolute Gasteiger partial charge is 0.319 e. The molecule has 0 atom stereocenters. The lowest BCUT2D eigenvalue weighted by Crippen LogP contribution is -2.29. The van der Waals surface area contributed by atoms with Gasteiger partial charge in [-0.15, -0.1) is 11.3 Å². The number of urea groups is 1. The number of aromatic nitrogens is 1. The summed E-state index contributed by atoms with van der Waals surface area (Å²) in [7, 11) is 0. The zero-order chi connectivity index (χ0) is 18.5. The molecule has 0 saturated carbocycles. The molecule has 1 aliphatic rings. The Morgan fingerprint density at radius 2 is 2.04 bits per heavy atom. The Morgan fingerprint density at radius 1 is 1.27 bits per heavy atom. The lowest BCUT2D eigenvalue weighted by Gasteiger charge is -2.16. The summed E-state index contributed by atoms with van der Waals surface area (Å²) in [6.45, 7) is 6.01. The molecule has 1 saturated heterocycles. The molecule has 2 N–H and O–H groups in total. The molecule has 1 aromatic carbocycles. The molecule has 0 radical (unpaired) electrons. The van der Waals surface area contributed by atoms with E-state index in [0.29, 0.717) is 17.8 Å². The summed E-state index contributed by atoms with van der Waals surface area (Å²) in [4.78, 5) is 30.9. The van der Waals surface area contributed by atoms with Gasteiger partial charge in [-0.3, -0.25) is 4.79 Å². The van der Waals surface area contributed by atoms with E-state index in [2.05, 4.69) is 22.5 Å². The quantitative estimate of drug-likeness (QED) is 0.842. The summed E-state index contributed by atoms with van der Waals surface area (Å²) in [6, 6.07) is 5.12. The van der Waals surface area contributed by atoms with Crippen molar-refractivity contribution in [2.24, 2.45) is 0 Å². The van der Waals surface area contributed by atoms with Crippen molar-refractivity contribution in [3.05, 3.63) is 45.4 Å². The summed E-state index contributed by atoms with van der Waals surface area (Å²) >= 11 is 1.55. The van der Waals surface area contributed by atoms with Crippen molar-refractivity contribution in [2.45, 2.75) is 39.7 Å². The van der Waals surface area contributed by atoms with Crippen LogP contribution in [-0.4, -0.2) is 34.9 Å². The van der Waals surface area contributed by atoms with Gasteiger partial charge in [0.2, 0.25) is 0 Å². The molecule has 1 aromatic heterocycles. The molecule has 1 aliphatic heterocycles. The van der Waals surface area contributed by atoms with E-state index >= 15 is 0 Å². The lowest BCUT2D eigenvalue weighted by atomic mass is 10.1. The van der Waals surface area contributed by atoms with E-state index < -0.39 is 0 Å². The van der Waals surface area contributed by atoms with Crippen LogP contribution in [0.25, 0.3) is 0 Å². The summed E-state index contributed by atoms with van der Waals surface area (Å²) in [6.07, 6.45) is 3.04. The Kier molecular flexibility index (Phi) is 5.88. The lowest BCUT2D eigenvalue weighted by molar-refractivity contribution is 0.0792. The van der Waals surface area contributed by atoms with E-state index in [0.717, 1.165) is 48.6 Å². The Morgan fingerprint density at radius 3 is 2.69 bits per heavy atom. The average molecular weight is 372 g/mol. The van der Waals surface area contributed by atoms with E-state index in [4.69, 9.17) is 0 Å². The fraction of sp³-hybridized carbons (Fsp3) is 0.421. The Labute approximate surface area is 157 Å². The largest absolute Gasteiger partial charge is 0.339 e. The van der Waals surface area contributed by atoms with Crippen molar-refractivity contribution < 1.29 is 9.59 Å². The first-order valence-corrected chi connectivity index (χ1v) is 9.83. The molecule has 0 unspecified atom stereocenters. The number of carbonyl (C=O) groups is 2. The fourth-order valence-electron chi connectivity index (χ4n) is 2.95. The summed E-state index contributed by atoms with van der Waals surface area (Å²) in [5.41, 5.74) is 3.29. The van der Waals surface area contributed by atoms with Gasteiger partial charge in [-0.05, 0) is 49.9 Å². The number of rotatable bonds is 5. The molecule has 3 rings (SSSR count). The van der Waals surface area contributed by atoms with Crippen molar-refractivity contribution in [2.75, 3.05) is 18.4 Å². The third-order valence-electron chi connectivity index (χ3n) is 4.48. The van der Waals surface area contributed by atoms with Gasteiger partial charge in [0, 0.05) is 29.7 Å². The zero-order valence-electron chi connectivity index (χ0n) is 15.2. The minimum atomic E-state index is -0.278. The molecule has 7 heteroatoms. The Bertz CT molecular complexity index is 797. The number of carbonyl (C=O) groups excluding carboxylic acids is 2. The van der Waals surface area contributed by atoms with Gasteiger partial charge in [-0.2, -0.15) is 0 Å². The number of amides is 3. The number of aryl methyl sites for hydroxylation is 2. The van der Waals surface area contributed by atoms with Crippen molar-refractivity contribution in [3.63, 3.8) is 0 Å². The van der Waals surface area contributed by atoms with Crippen molar-refractivity contribution in [1.29, 1.82) is 0 Å². The van der Waals surface area contributed by atoms with Gasteiger partial charge in [0.15, 0.2) is 0 Å². The monoisotopic (exact) mass is 372 g/mol. The van der Waals surface area contributed by atoms with Crippen LogP contribution in [0.3, 0.4) is 0 Å². The average Bonchev–Trinajstić information content (AvgIpc) is 3.32. The fourth-order valence-corrected chi connectivity index (χ4v) is 3.77. The van der Waals surface area contributed by atoms with Crippen LogP contribution in [0.4, 0.5) is 10.5 Å². The first kappa shape index (κ1) is 18.4. The van der Waals surface area contributed by atoms with E-state index in [9.17, 15) is 9.59 Å². The van der Waals surface area contributed by atoms with Gasteiger partial charge < -0.3 is 15.5 Å². The molecule has 26 heavy (non-hydrogen) atoms.